The lowest BCUT2D eigenvalue weighted by Gasteiger charge is -2.05. The molecule has 18 heavy (non-hydrogen) atoms. The van der Waals surface area contributed by atoms with Gasteiger partial charge in [-0.05, 0) is 36.1 Å². The van der Waals surface area contributed by atoms with Crippen molar-refractivity contribution in [2.75, 3.05) is 6.61 Å². The van der Waals surface area contributed by atoms with Crippen LogP contribution < -0.4 is 0 Å². The van der Waals surface area contributed by atoms with Crippen molar-refractivity contribution in [2.24, 2.45) is 0 Å². The molecule has 2 rings (SSSR count). The molecule has 0 radical (unpaired) electrons. The number of aryl methyl sites for hydroxylation is 1. The standard InChI is InChI=1S/C15H15FO2/c16-15-10-13(18)7-8-14(15)12-5-3-11(4-6-12)2-1-9-17/h3-8,10,17-18H,1-2,9H2. The number of aliphatic hydroxyl groups excluding tert-OH is 1. The lowest BCUT2D eigenvalue weighted by Crippen LogP contribution is -1.90. The average Bonchev–Trinajstić information content (AvgIpc) is 2.37. The summed E-state index contributed by atoms with van der Waals surface area (Å²) in [5.41, 5.74) is 2.37. The molecule has 94 valence electrons. The lowest BCUT2D eigenvalue weighted by molar-refractivity contribution is 0.288. The molecule has 2 N–H and O–H groups in total. The molecule has 2 aromatic carbocycles. The Kier molecular flexibility index (Phi) is 3.95. The van der Waals surface area contributed by atoms with Gasteiger partial charge in [0.05, 0.1) is 0 Å². The normalized spacial score (nSPS) is 10.6. The van der Waals surface area contributed by atoms with E-state index in [0.717, 1.165) is 30.0 Å². The predicted octanol–water partition coefficient (Wildman–Crippen LogP) is 3.12. The summed E-state index contributed by atoms with van der Waals surface area (Å²) < 4.78 is 13.6. The topological polar surface area (TPSA) is 40.5 Å². The number of phenols is 1. The Morgan fingerprint density at radius 1 is 1.00 bits per heavy atom. The second kappa shape index (κ2) is 5.65. The highest BCUT2D eigenvalue weighted by Gasteiger charge is 2.05. The maximum Gasteiger partial charge on any atom is 0.134 e. The largest absolute Gasteiger partial charge is 0.508 e. The van der Waals surface area contributed by atoms with E-state index in [4.69, 9.17) is 10.2 Å². The van der Waals surface area contributed by atoms with Crippen molar-refractivity contribution in [3.63, 3.8) is 0 Å². The van der Waals surface area contributed by atoms with Gasteiger partial charge in [0.1, 0.15) is 11.6 Å². The second-order valence-electron chi connectivity index (χ2n) is 4.19. The van der Waals surface area contributed by atoms with E-state index in [9.17, 15) is 4.39 Å². The molecule has 0 aliphatic heterocycles. The molecule has 0 amide bonds. The van der Waals surface area contributed by atoms with Gasteiger partial charge in [-0.15, -0.1) is 0 Å². The molecule has 0 spiro atoms. The summed E-state index contributed by atoms with van der Waals surface area (Å²) in [4.78, 5) is 0. The van der Waals surface area contributed by atoms with Crippen LogP contribution in [0.4, 0.5) is 4.39 Å². The molecule has 0 saturated carbocycles. The van der Waals surface area contributed by atoms with Crippen LogP contribution in [0.15, 0.2) is 42.5 Å². The van der Waals surface area contributed by atoms with E-state index in [1.807, 2.05) is 24.3 Å². The van der Waals surface area contributed by atoms with E-state index in [1.165, 1.54) is 6.07 Å². The molecule has 0 aliphatic rings. The van der Waals surface area contributed by atoms with Crippen LogP contribution in [-0.4, -0.2) is 16.8 Å². The molecule has 0 aliphatic carbocycles. The van der Waals surface area contributed by atoms with Crippen LogP contribution in [0, 0.1) is 5.82 Å². The quantitative estimate of drug-likeness (QED) is 0.870. The van der Waals surface area contributed by atoms with Crippen LogP contribution >= 0.6 is 0 Å². The van der Waals surface area contributed by atoms with Gasteiger partial charge in [-0.3, -0.25) is 0 Å². The van der Waals surface area contributed by atoms with E-state index < -0.39 is 5.82 Å². The Hall–Kier alpha value is -1.87. The number of rotatable bonds is 4. The molecular formula is C15H15FO2. The summed E-state index contributed by atoms with van der Waals surface area (Å²) >= 11 is 0. The van der Waals surface area contributed by atoms with Crippen molar-refractivity contribution >= 4 is 0 Å². The first-order valence-corrected chi connectivity index (χ1v) is 5.89. The van der Waals surface area contributed by atoms with Crippen molar-refractivity contribution in [1.82, 2.24) is 0 Å². The van der Waals surface area contributed by atoms with Crippen LogP contribution in [0.25, 0.3) is 11.1 Å². The van der Waals surface area contributed by atoms with Gasteiger partial charge >= 0.3 is 0 Å². The van der Waals surface area contributed by atoms with E-state index >= 15 is 0 Å². The third-order valence-corrected chi connectivity index (χ3v) is 2.84. The Bertz CT molecular complexity index is 521. The van der Waals surface area contributed by atoms with Gasteiger partial charge < -0.3 is 10.2 Å². The Balaban J connectivity index is 2.23. The van der Waals surface area contributed by atoms with E-state index in [2.05, 4.69) is 0 Å². The number of phenolic OH excluding ortho intramolecular Hbond substituents is 1. The first kappa shape index (κ1) is 12.6. The molecular weight excluding hydrogens is 231 g/mol. The van der Waals surface area contributed by atoms with Crippen LogP contribution in [-0.2, 0) is 6.42 Å². The van der Waals surface area contributed by atoms with Gasteiger partial charge in [0.15, 0.2) is 0 Å². The second-order valence-corrected chi connectivity index (χ2v) is 4.19. The van der Waals surface area contributed by atoms with Gasteiger partial charge in [0.25, 0.3) is 0 Å². The summed E-state index contributed by atoms with van der Waals surface area (Å²) in [6, 6.07) is 11.7. The predicted molar refractivity (Wildman–Crippen MR) is 68.9 cm³/mol. The van der Waals surface area contributed by atoms with Gasteiger partial charge in [-0.1, -0.05) is 24.3 Å². The summed E-state index contributed by atoms with van der Waals surface area (Å²) in [5.74, 6) is -0.506. The third-order valence-electron chi connectivity index (χ3n) is 2.84. The van der Waals surface area contributed by atoms with E-state index in [1.54, 1.807) is 6.07 Å². The third kappa shape index (κ3) is 2.87. The first-order chi connectivity index (χ1) is 8.70. The number of hydrogen-bond donors (Lipinski definition) is 2. The van der Waals surface area contributed by atoms with Gasteiger partial charge in [0, 0.05) is 18.2 Å². The molecule has 0 bridgehead atoms. The van der Waals surface area contributed by atoms with Crippen molar-refractivity contribution in [3.8, 4) is 16.9 Å². The fraction of sp³-hybridized carbons (Fsp3) is 0.200. The van der Waals surface area contributed by atoms with Crippen LogP contribution in [0.3, 0.4) is 0 Å². The van der Waals surface area contributed by atoms with Crippen molar-refractivity contribution in [2.45, 2.75) is 12.8 Å². The SMILES string of the molecule is OCCCc1ccc(-c2ccc(O)cc2F)cc1. The Morgan fingerprint density at radius 3 is 2.33 bits per heavy atom. The minimum atomic E-state index is -0.432. The Labute approximate surface area is 105 Å². The summed E-state index contributed by atoms with van der Waals surface area (Å²) in [6.45, 7) is 0.175. The highest BCUT2D eigenvalue weighted by atomic mass is 19.1. The fourth-order valence-electron chi connectivity index (χ4n) is 1.87. The molecule has 3 heteroatoms. The zero-order chi connectivity index (χ0) is 13.0. The summed E-state index contributed by atoms with van der Waals surface area (Å²) in [6.07, 6.45) is 1.54. The minimum absolute atomic E-state index is 0.0733. The molecule has 0 heterocycles. The van der Waals surface area contributed by atoms with Gasteiger partial charge in [-0.2, -0.15) is 0 Å². The highest BCUT2D eigenvalue weighted by molar-refractivity contribution is 5.65. The zero-order valence-electron chi connectivity index (χ0n) is 9.94. The smallest absolute Gasteiger partial charge is 0.134 e. The summed E-state index contributed by atoms with van der Waals surface area (Å²) in [7, 11) is 0. The molecule has 0 atom stereocenters. The van der Waals surface area contributed by atoms with Crippen LogP contribution in [0.2, 0.25) is 0 Å². The number of hydrogen-bond acceptors (Lipinski definition) is 2. The van der Waals surface area contributed by atoms with Crippen molar-refractivity contribution in [3.05, 3.63) is 53.8 Å². The maximum absolute atomic E-state index is 13.6. The zero-order valence-corrected chi connectivity index (χ0v) is 9.94. The van der Waals surface area contributed by atoms with Crippen LogP contribution in [0.5, 0.6) is 5.75 Å². The number of aliphatic hydroxyl groups is 1. The maximum atomic E-state index is 13.6. The molecule has 2 nitrogen and oxygen atoms in total. The highest BCUT2D eigenvalue weighted by Crippen LogP contribution is 2.26. The van der Waals surface area contributed by atoms with E-state index in [-0.39, 0.29) is 12.4 Å². The Morgan fingerprint density at radius 2 is 1.72 bits per heavy atom. The molecule has 0 aromatic heterocycles. The fourth-order valence-corrected chi connectivity index (χ4v) is 1.87. The summed E-state index contributed by atoms with van der Waals surface area (Å²) in [5, 5.41) is 17.9. The van der Waals surface area contributed by atoms with Crippen molar-refractivity contribution in [1.29, 1.82) is 0 Å². The first-order valence-electron chi connectivity index (χ1n) is 5.89. The average molecular weight is 246 g/mol. The molecule has 0 saturated heterocycles. The lowest BCUT2D eigenvalue weighted by atomic mass is 10.0. The molecule has 0 unspecified atom stereocenters. The van der Waals surface area contributed by atoms with Gasteiger partial charge in [0.2, 0.25) is 0 Å². The number of halogens is 1. The minimum Gasteiger partial charge on any atom is -0.508 e. The molecule has 2 aromatic rings. The van der Waals surface area contributed by atoms with Gasteiger partial charge in [-0.25, -0.2) is 4.39 Å². The van der Waals surface area contributed by atoms with Crippen molar-refractivity contribution < 1.29 is 14.6 Å². The van der Waals surface area contributed by atoms with Crippen LogP contribution in [0.1, 0.15) is 12.0 Å². The number of benzene rings is 2. The number of aromatic hydroxyl groups is 1. The van der Waals surface area contributed by atoms with E-state index in [0.29, 0.717) is 5.56 Å². The monoisotopic (exact) mass is 246 g/mol. The molecule has 0 fully saturated rings.